The average Bonchev–Trinajstić information content (AvgIpc) is 2.77. The van der Waals surface area contributed by atoms with Crippen LogP contribution in [0, 0.1) is 0 Å². The summed E-state index contributed by atoms with van der Waals surface area (Å²) in [6.07, 6.45) is 17.7. The van der Waals surface area contributed by atoms with Crippen molar-refractivity contribution < 1.29 is 39.6 Å². The highest BCUT2D eigenvalue weighted by molar-refractivity contribution is 5.68. The van der Waals surface area contributed by atoms with Gasteiger partial charge in [0, 0.05) is 19.3 Å². The van der Waals surface area contributed by atoms with E-state index in [1.165, 1.54) is 70.6 Å². The monoisotopic (exact) mass is 479 g/mol. The van der Waals surface area contributed by atoms with Crippen molar-refractivity contribution in [2.24, 2.45) is 5.73 Å². The quantitative estimate of drug-likeness (QED) is 0.167. The van der Waals surface area contributed by atoms with E-state index in [0.717, 1.165) is 12.8 Å². The molecule has 0 aliphatic rings. The van der Waals surface area contributed by atoms with Gasteiger partial charge in [0.15, 0.2) is 0 Å². The van der Waals surface area contributed by atoms with Crippen molar-refractivity contribution in [3.05, 3.63) is 0 Å². The molecule has 0 aliphatic carbocycles. The van der Waals surface area contributed by atoms with Gasteiger partial charge in [0.1, 0.15) is 0 Å². The topological polar surface area (TPSA) is 175 Å². The minimum atomic E-state index is -0.968. The molecule has 9 heteroatoms. The van der Waals surface area contributed by atoms with Crippen molar-refractivity contribution in [3.8, 4) is 0 Å². The van der Waals surface area contributed by atoms with Crippen molar-refractivity contribution in [2.75, 3.05) is 6.54 Å². The average molecular weight is 480 g/mol. The maximum absolute atomic E-state index is 10.3. The van der Waals surface area contributed by atoms with Gasteiger partial charge in [-0.25, -0.2) is 0 Å². The Kier molecular flexibility index (Phi) is 39.8. The van der Waals surface area contributed by atoms with Crippen molar-refractivity contribution in [1.82, 2.24) is 0 Å². The molecule has 0 aromatic heterocycles. The van der Waals surface area contributed by atoms with E-state index >= 15 is 0 Å². The Morgan fingerprint density at radius 2 is 0.727 bits per heavy atom. The van der Waals surface area contributed by atoms with E-state index in [2.05, 4.69) is 12.7 Å². The fraction of sp³-hybridized carbons (Fsp3) is 0.833. The predicted molar refractivity (Wildman–Crippen MR) is 130 cm³/mol. The van der Waals surface area contributed by atoms with E-state index in [-0.39, 0.29) is 19.4 Å². The molecule has 198 valence electrons. The number of rotatable bonds is 17. The zero-order chi connectivity index (χ0) is 26.3. The van der Waals surface area contributed by atoms with Crippen LogP contribution in [0.1, 0.15) is 124 Å². The van der Waals surface area contributed by atoms with Gasteiger partial charge >= 0.3 is 23.9 Å². The summed E-state index contributed by atoms with van der Waals surface area (Å²) in [7, 11) is 0. The van der Waals surface area contributed by atoms with Gasteiger partial charge in [-0.2, -0.15) is 0 Å². The molecular formula is C24H49NO8. The lowest BCUT2D eigenvalue weighted by Gasteiger charge is -2.02. The first-order valence-electron chi connectivity index (χ1n) is 12.2. The second-order valence-corrected chi connectivity index (χ2v) is 7.48. The second kappa shape index (κ2) is 34.5. The molecule has 0 fully saturated rings. The Balaban J connectivity index is -0.000000226. The molecular weight excluding hydrogens is 430 g/mol. The number of carboxylic acid groups (broad SMARTS) is 4. The summed E-state index contributed by atoms with van der Waals surface area (Å²) in [5.41, 5.74) is 4.57. The predicted octanol–water partition coefficient (Wildman–Crippen LogP) is 5.54. The van der Waals surface area contributed by atoms with Crippen LogP contribution < -0.4 is 5.73 Å². The van der Waals surface area contributed by atoms with E-state index < -0.39 is 23.9 Å². The fourth-order valence-corrected chi connectivity index (χ4v) is 2.29. The molecule has 0 heterocycles. The van der Waals surface area contributed by atoms with Crippen LogP contribution in [-0.2, 0) is 19.2 Å². The van der Waals surface area contributed by atoms with E-state index in [0.29, 0.717) is 6.42 Å². The molecule has 0 atom stereocenters. The maximum atomic E-state index is 10.3. The number of nitrogens with two attached hydrogens (primary N) is 1. The van der Waals surface area contributed by atoms with Crippen LogP contribution >= 0.6 is 0 Å². The third-order valence-corrected chi connectivity index (χ3v) is 4.27. The number of unbranched alkanes of at least 4 members (excludes halogenated alkanes) is 12. The molecule has 0 rings (SSSR count). The molecule has 0 bridgehead atoms. The first kappa shape index (κ1) is 38.1. The first-order chi connectivity index (χ1) is 15.6. The lowest BCUT2D eigenvalue weighted by Crippen LogP contribution is -2.10. The summed E-state index contributed by atoms with van der Waals surface area (Å²) in [5, 5.41) is 31.5. The van der Waals surface area contributed by atoms with E-state index in [4.69, 9.17) is 20.4 Å². The lowest BCUT2D eigenvalue weighted by molar-refractivity contribution is -0.138. The first-order valence-corrected chi connectivity index (χ1v) is 12.2. The highest BCUT2D eigenvalue weighted by Gasteiger charge is 1.96. The molecule has 0 spiro atoms. The smallest absolute Gasteiger partial charge is 0.317 e. The summed E-state index contributed by atoms with van der Waals surface area (Å²) >= 11 is 0. The van der Waals surface area contributed by atoms with Gasteiger partial charge in [0.25, 0.3) is 0 Å². The van der Waals surface area contributed by atoms with Crippen molar-refractivity contribution in [3.63, 3.8) is 0 Å². The zero-order valence-corrected chi connectivity index (χ0v) is 21.0. The van der Waals surface area contributed by atoms with E-state index in [9.17, 15) is 19.2 Å². The Labute approximate surface area is 199 Å². The van der Waals surface area contributed by atoms with Crippen LogP contribution in [0.15, 0.2) is 0 Å². The minimum Gasteiger partial charge on any atom is -0.481 e. The Hall–Kier alpha value is -2.16. The molecule has 33 heavy (non-hydrogen) atoms. The van der Waals surface area contributed by atoms with Gasteiger partial charge in [0.2, 0.25) is 0 Å². The zero-order valence-electron chi connectivity index (χ0n) is 21.0. The molecule has 0 aromatic carbocycles. The maximum Gasteiger partial charge on any atom is 0.317 e. The molecule has 9 nitrogen and oxygen atoms in total. The van der Waals surface area contributed by atoms with Gasteiger partial charge < -0.3 is 26.2 Å². The van der Waals surface area contributed by atoms with Crippen LogP contribution in [0.5, 0.6) is 0 Å². The minimum absolute atomic E-state index is 0.222. The number of hydrogen-bond acceptors (Lipinski definition) is 5. The van der Waals surface area contributed by atoms with Crippen LogP contribution in [0.25, 0.3) is 0 Å². The number of aliphatic carboxylic acids is 4. The molecule has 0 aromatic rings. The third kappa shape index (κ3) is 65.2. The Morgan fingerprint density at radius 3 is 0.909 bits per heavy atom. The van der Waals surface area contributed by atoms with E-state index in [1.54, 1.807) is 13.8 Å². The standard InChI is InChI=1S/C16H32O2.2C3H6O2.C2H5NO2/c1-2-3-4-5-6-7-8-9-10-11-12-13-14-15-16(17)18;2*1-2-3(4)5;3-1-2(4)5/h2-15H2,1H3,(H,17,18);2*2H2,1H3,(H,4,5);1,3H2,(H,4,5). The van der Waals surface area contributed by atoms with Crippen LogP contribution in [-0.4, -0.2) is 50.8 Å². The van der Waals surface area contributed by atoms with Crippen molar-refractivity contribution in [2.45, 2.75) is 124 Å². The highest BCUT2D eigenvalue weighted by atomic mass is 16.4. The summed E-state index contributed by atoms with van der Waals surface area (Å²) < 4.78 is 0. The van der Waals surface area contributed by atoms with Gasteiger partial charge in [0.05, 0.1) is 6.54 Å². The van der Waals surface area contributed by atoms with Gasteiger partial charge in [-0.15, -0.1) is 0 Å². The summed E-state index contributed by atoms with van der Waals surface area (Å²) in [4.78, 5) is 38.3. The molecule has 0 saturated heterocycles. The molecule has 0 radical (unpaired) electrons. The summed E-state index contributed by atoms with van der Waals surface area (Å²) in [5.74, 6) is -3.11. The third-order valence-electron chi connectivity index (χ3n) is 4.27. The number of hydrogen-bond donors (Lipinski definition) is 5. The van der Waals surface area contributed by atoms with Crippen LogP contribution in [0.2, 0.25) is 0 Å². The molecule has 0 amide bonds. The SMILES string of the molecule is CCC(=O)O.CCC(=O)O.CCCCCCCCCCCCCCCC(=O)O.NCC(=O)O. The fourth-order valence-electron chi connectivity index (χ4n) is 2.29. The number of carbonyl (C=O) groups is 4. The molecule has 0 aliphatic heterocycles. The Bertz CT molecular complexity index is 422. The largest absolute Gasteiger partial charge is 0.481 e. The van der Waals surface area contributed by atoms with Gasteiger partial charge in [-0.05, 0) is 6.42 Å². The molecule has 6 N–H and O–H groups in total. The van der Waals surface area contributed by atoms with Crippen molar-refractivity contribution in [1.29, 1.82) is 0 Å². The number of carboxylic acids is 4. The lowest BCUT2D eigenvalue weighted by atomic mass is 10.0. The summed E-state index contributed by atoms with van der Waals surface area (Å²) in [6.45, 7) is 5.18. The van der Waals surface area contributed by atoms with Crippen molar-refractivity contribution >= 4 is 23.9 Å². The van der Waals surface area contributed by atoms with Gasteiger partial charge in [-0.3, -0.25) is 19.2 Å². The molecule has 0 unspecified atom stereocenters. The second-order valence-electron chi connectivity index (χ2n) is 7.48. The normalized spacial score (nSPS) is 9.21. The van der Waals surface area contributed by atoms with Crippen LogP contribution in [0.3, 0.4) is 0 Å². The molecule has 0 saturated carbocycles. The highest BCUT2D eigenvalue weighted by Crippen LogP contribution is 2.12. The van der Waals surface area contributed by atoms with Crippen LogP contribution in [0.4, 0.5) is 0 Å². The Morgan fingerprint density at radius 1 is 0.485 bits per heavy atom. The van der Waals surface area contributed by atoms with Gasteiger partial charge in [-0.1, -0.05) is 97.8 Å². The summed E-state index contributed by atoms with van der Waals surface area (Å²) in [6, 6.07) is 0. The van der Waals surface area contributed by atoms with E-state index in [1.807, 2.05) is 0 Å².